The molecule has 1 saturated heterocycles. The monoisotopic (exact) mass is 349 g/mol. The van der Waals surface area contributed by atoms with Gasteiger partial charge in [0.15, 0.2) is 0 Å². The quantitative estimate of drug-likeness (QED) is 0.643. The van der Waals surface area contributed by atoms with Crippen LogP contribution in [-0.2, 0) is 9.31 Å². The van der Waals surface area contributed by atoms with Crippen LogP contribution in [0.4, 0.5) is 0 Å². The molecule has 0 amide bonds. The summed E-state index contributed by atoms with van der Waals surface area (Å²) >= 11 is 0. The number of hydrogen-bond acceptors (Lipinski definition) is 4. The van der Waals surface area contributed by atoms with Crippen molar-refractivity contribution < 1.29 is 13.7 Å². The zero-order valence-electron chi connectivity index (χ0n) is 16.2. The molecule has 1 aliphatic heterocycles. The SMILES string of the molecule is Cc1ccc(-c2cc3c(C)c(B4OC(C)(C)C(C)(C)O4)ccc3o2)cn1. The highest BCUT2D eigenvalue weighted by Crippen LogP contribution is 2.37. The molecule has 1 fully saturated rings. The molecule has 0 saturated carbocycles. The molecule has 1 aliphatic rings. The number of aromatic nitrogens is 1. The van der Waals surface area contributed by atoms with E-state index in [1.807, 2.05) is 37.4 Å². The Hall–Kier alpha value is -2.11. The number of pyridine rings is 1. The van der Waals surface area contributed by atoms with Gasteiger partial charge < -0.3 is 13.7 Å². The van der Waals surface area contributed by atoms with Gasteiger partial charge in [-0.2, -0.15) is 0 Å². The first-order valence-electron chi connectivity index (χ1n) is 9.00. The summed E-state index contributed by atoms with van der Waals surface area (Å²) in [5.41, 5.74) is 4.29. The number of nitrogens with zero attached hydrogens (tertiary/aromatic N) is 1. The van der Waals surface area contributed by atoms with Gasteiger partial charge in [0.2, 0.25) is 0 Å². The third kappa shape index (κ3) is 2.66. The Morgan fingerprint density at radius 1 is 0.923 bits per heavy atom. The van der Waals surface area contributed by atoms with E-state index in [9.17, 15) is 0 Å². The predicted molar refractivity (Wildman–Crippen MR) is 105 cm³/mol. The molecule has 3 aromatic rings. The van der Waals surface area contributed by atoms with Gasteiger partial charge in [0.25, 0.3) is 0 Å². The molecule has 0 spiro atoms. The summed E-state index contributed by atoms with van der Waals surface area (Å²) in [6.45, 7) is 12.4. The van der Waals surface area contributed by atoms with E-state index in [2.05, 4.69) is 45.7 Å². The number of fused-ring (bicyclic) bond motifs is 1. The van der Waals surface area contributed by atoms with Gasteiger partial charge in [0.1, 0.15) is 11.3 Å². The largest absolute Gasteiger partial charge is 0.495 e. The molecular formula is C21H24BNO3. The van der Waals surface area contributed by atoms with E-state index in [-0.39, 0.29) is 18.3 Å². The Morgan fingerprint density at radius 2 is 1.62 bits per heavy atom. The van der Waals surface area contributed by atoms with Crippen LogP contribution in [0.1, 0.15) is 39.0 Å². The van der Waals surface area contributed by atoms with Gasteiger partial charge in [-0.15, -0.1) is 0 Å². The number of hydrogen-bond donors (Lipinski definition) is 0. The van der Waals surface area contributed by atoms with Crippen molar-refractivity contribution in [1.82, 2.24) is 4.98 Å². The highest BCUT2D eigenvalue weighted by molar-refractivity contribution is 6.63. The standard InChI is InChI=1S/C21H24BNO3/c1-13-7-8-15(12-23-13)19-11-16-14(2)17(9-10-18(16)24-19)22-25-20(3,4)21(5,6)26-22/h7-12H,1-6H3. The van der Waals surface area contributed by atoms with Crippen LogP contribution in [0.15, 0.2) is 40.9 Å². The summed E-state index contributed by atoms with van der Waals surface area (Å²) in [4.78, 5) is 4.36. The van der Waals surface area contributed by atoms with Gasteiger partial charge >= 0.3 is 7.12 Å². The molecule has 3 heterocycles. The number of benzene rings is 1. The van der Waals surface area contributed by atoms with Crippen molar-refractivity contribution in [3.8, 4) is 11.3 Å². The fraction of sp³-hybridized carbons (Fsp3) is 0.381. The lowest BCUT2D eigenvalue weighted by molar-refractivity contribution is 0.00578. The van der Waals surface area contributed by atoms with Crippen LogP contribution >= 0.6 is 0 Å². The normalized spacial score (nSPS) is 18.6. The maximum absolute atomic E-state index is 6.22. The fourth-order valence-corrected chi connectivity index (χ4v) is 3.25. The Balaban J connectivity index is 1.75. The first kappa shape index (κ1) is 17.3. The third-order valence-electron chi connectivity index (χ3n) is 5.72. The summed E-state index contributed by atoms with van der Waals surface area (Å²) < 4.78 is 18.5. The summed E-state index contributed by atoms with van der Waals surface area (Å²) in [6, 6.07) is 10.1. The lowest BCUT2D eigenvalue weighted by atomic mass is 9.75. The number of furan rings is 1. The zero-order chi connectivity index (χ0) is 18.7. The molecule has 0 aliphatic carbocycles. The van der Waals surface area contributed by atoms with Gasteiger partial charge in [0.05, 0.1) is 11.2 Å². The van der Waals surface area contributed by atoms with Crippen molar-refractivity contribution in [2.24, 2.45) is 0 Å². The first-order chi connectivity index (χ1) is 12.2. The van der Waals surface area contributed by atoms with Crippen molar-refractivity contribution in [2.45, 2.75) is 52.7 Å². The number of rotatable bonds is 2. The van der Waals surface area contributed by atoms with E-state index in [4.69, 9.17) is 13.7 Å². The van der Waals surface area contributed by atoms with Crippen LogP contribution in [0.5, 0.6) is 0 Å². The van der Waals surface area contributed by atoms with E-state index in [1.54, 1.807) is 0 Å². The minimum Gasteiger partial charge on any atom is -0.456 e. The smallest absolute Gasteiger partial charge is 0.456 e. The van der Waals surface area contributed by atoms with Crippen LogP contribution < -0.4 is 5.46 Å². The van der Waals surface area contributed by atoms with Gasteiger partial charge in [0, 0.05) is 22.8 Å². The minimum absolute atomic E-state index is 0.353. The Labute approximate surface area is 154 Å². The second-order valence-corrected chi connectivity index (χ2v) is 8.08. The van der Waals surface area contributed by atoms with Crippen LogP contribution in [0.3, 0.4) is 0 Å². The molecule has 4 rings (SSSR count). The Kier molecular flexibility index (Phi) is 3.79. The molecular weight excluding hydrogens is 325 g/mol. The zero-order valence-corrected chi connectivity index (χ0v) is 16.2. The second-order valence-electron chi connectivity index (χ2n) is 8.08. The summed E-state index contributed by atoms with van der Waals surface area (Å²) in [5, 5.41) is 1.08. The molecule has 0 unspecified atom stereocenters. The molecule has 0 bridgehead atoms. The molecule has 1 aromatic carbocycles. The maximum Gasteiger partial charge on any atom is 0.495 e. The minimum atomic E-state index is -0.371. The van der Waals surface area contributed by atoms with Gasteiger partial charge in [-0.3, -0.25) is 4.98 Å². The Bertz CT molecular complexity index is 957. The summed E-state index contributed by atoms with van der Waals surface area (Å²) in [5.74, 6) is 0.821. The highest BCUT2D eigenvalue weighted by atomic mass is 16.7. The fourth-order valence-electron chi connectivity index (χ4n) is 3.25. The van der Waals surface area contributed by atoms with Crippen molar-refractivity contribution >= 4 is 23.6 Å². The van der Waals surface area contributed by atoms with Crippen LogP contribution in [-0.4, -0.2) is 23.3 Å². The maximum atomic E-state index is 6.22. The Morgan fingerprint density at radius 3 is 2.23 bits per heavy atom. The molecule has 0 atom stereocenters. The van der Waals surface area contributed by atoms with Crippen LogP contribution in [0, 0.1) is 13.8 Å². The molecule has 134 valence electrons. The van der Waals surface area contributed by atoms with Crippen molar-refractivity contribution in [3.05, 3.63) is 47.8 Å². The van der Waals surface area contributed by atoms with E-state index in [0.29, 0.717) is 0 Å². The predicted octanol–water partition coefficient (Wildman–Crippen LogP) is 4.41. The van der Waals surface area contributed by atoms with E-state index in [0.717, 1.165) is 39.0 Å². The molecule has 5 heteroatoms. The van der Waals surface area contributed by atoms with Crippen LogP contribution in [0.25, 0.3) is 22.3 Å². The van der Waals surface area contributed by atoms with Crippen molar-refractivity contribution in [3.63, 3.8) is 0 Å². The van der Waals surface area contributed by atoms with Gasteiger partial charge in [-0.1, -0.05) is 6.07 Å². The second kappa shape index (κ2) is 5.70. The van der Waals surface area contributed by atoms with E-state index >= 15 is 0 Å². The van der Waals surface area contributed by atoms with Crippen molar-refractivity contribution in [2.75, 3.05) is 0 Å². The summed E-state index contributed by atoms with van der Waals surface area (Å²) in [6.07, 6.45) is 1.84. The average molecular weight is 349 g/mol. The number of aryl methyl sites for hydroxylation is 2. The van der Waals surface area contributed by atoms with E-state index < -0.39 is 0 Å². The topological polar surface area (TPSA) is 44.5 Å². The molecule has 4 nitrogen and oxygen atoms in total. The first-order valence-corrected chi connectivity index (χ1v) is 9.00. The lowest BCUT2D eigenvalue weighted by Crippen LogP contribution is -2.41. The van der Waals surface area contributed by atoms with Crippen LogP contribution in [0.2, 0.25) is 0 Å². The third-order valence-corrected chi connectivity index (χ3v) is 5.72. The molecule has 2 aromatic heterocycles. The molecule has 0 radical (unpaired) electrons. The molecule has 0 N–H and O–H groups in total. The average Bonchev–Trinajstić information content (AvgIpc) is 3.08. The van der Waals surface area contributed by atoms with Gasteiger partial charge in [-0.05, 0) is 76.8 Å². The summed E-state index contributed by atoms with van der Waals surface area (Å²) in [7, 11) is -0.371. The lowest BCUT2D eigenvalue weighted by Gasteiger charge is -2.32. The van der Waals surface area contributed by atoms with Gasteiger partial charge in [-0.25, -0.2) is 0 Å². The van der Waals surface area contributed by atoms with E-state index in [1.165, 1.54) is 0 Å². The molecule has 26 heavy (non-hydrogen) atoms. The highest BCUT2D eigenvalue weighted by Gasteiger charge is 2.52. The van der Waals surface area contributed by atoms with Crippen molar-refractivity contribution in [1.29, 1.82) is 0 Å².